The highest BCUT2D eigenvalue weighted by molar-refractivity contribution is 6.36. The van der Waals surface area contributed by atoms with Crippen molar-refractivity contribution in [3.05, 3.63) is 66.0 Å². The molecule has 0 unspecified atom stereocenters. The molecule has 0 aliphatic carbocycles. The molecule has 3 saturated heterocycles. The van der Waals surface area contributed by atoms with Gasteiger partial charge in [0.1, 0.15) is 23.8 Å². The van der Waals surface area contributed by atoms with Crippen LogP contribution in [0.5, 0.6) is 6.01 Å². The Balaban J connectivity index is 1.36. The number of carbonyl (C=O) groups is 1. The van der Waals surface area contributed by atoms with Gasteiger partial charge in [-0.05, 0) is 57.0 Å². The van der Waals surface area contributed by atoms with Crippen LogP contribution in [-0.2, 0) is 4.79 Å². The van der Waals surface area contributed by atoms with Gasteiger partial charge in [-0.25, -0.2) is 8.78 Å². The van der Waals surface area contributed by atoms with E-state index in [1.807, 2.05) is 4.90 Å². The van der Waals surface area contributed by atoms with Crippen molar-refractivity contribution in [1.82, 2.24) is 24.8 Å². The maximum Gasteiger partial charge on any atom is 0.319 e. The van der Waals surface area contributed by atoms with Crippen LogP contribution in [0, 0.1) is 23.0 Å². The average Bonchev–Trinajstić information content (AvgIpc) is 3.64. The maximum absolute atomic E-state index is 16.8. The van der Waals surface area contributed by atoms with E-state index in [1.165, 1.54) is 18.3 Å². The zero-order valence-electron chi connectivity index (χ0n) is 25.2. The number of carbonyl (C=O) groups excluding carboxylic acids is 1. The molecule has 2 aromatic heterocycles. The van der Waals surface area contributed by atoms with Gasteiger partial charge >= 0.3 is 6.01 Å². The van der Waals surface area contributed by atoms with Crippen LogP contribution in [0.2, 0.25) is 5.02 Å². The second-order valence-electron chi connectivity index (χ2n) is 12.2. The Morgan fingerprint density at radius 1 is 1.17 bits per heavy atom. The molecular formula is C34H32ClF2N7O2. The van der Waals surface area contributed by atoms with Crippen molar-refractivity contribution in [2.75, 3.05) is 44.2 Å². The molecule has 2 aromatic carbocycles. The van der Waals surface area contributed by atoms with E-state index >= 15 is 8.78 Å². The van der Waals surface area contributed by atoms with Crippen LogP contribution >= 0.6 is 11.6 Å². The minimum atomic E-state index is -0.881. The minimum Gasteiger partial charge on any atom is -0.461 e. The first-order valence-corrected chi connectivity index (χ1v) is 15.9. The Labute approximate surface area is 270 Å². The van der Waals surface area contributed by atoms with Crippen LogP contribution in [-0.4, -0.2) is 81.6 Å². The molecule has 0 spiro atoms. The standard InChI is InChI=1S/C34H32ClF2N7O2/c1-2-27(45)44-15-14-42(19-22(44)8-11-38)32-23-16-26(36)29(24-18-39-17-21-6-3-7-25(35)28(21)24)30(37)31(23)40-33(41-32)46-20-34-9-4-12-43(34)13-5-10-34/h2-3,6-7,16-18,22H,1,4-5,8-10,12-15,19-20H2/t22-/m0/s1. The number of nitriles is 1. The zero-order chi connectivity index (χ0) is 32.0. The highest BCUT2D eigenvalue weighted by Crippen LogP contribution is 2.42. The summed E-state index contributed by atoms with van der Waals surface area (Å²) >= 11 is 6.53. The van der Waals surface area contributed by atoms with Gasteiger partial charge in [0.25, 0.3) is 0 Å². The van der Waals surface area contributed by atoms with Crippen molar-refractivity contribution in [1.29, 1.82) is 5.26 Å². The van der Waals surface area contributed by atoms with E-state index in [2.05, 4.69) is 27.5 Å². The molecule has 1 amide bonds. The Bertz CT molecular complexity index is 1900. The van der Waals surface area contributed by atoms with E-state index in [0.29, 0.717) is 28.9 Å². The number of halogens is 3. The lowest BCUT2D eigenvalue weighted by molar-refractivity contribution is -0.128. The topological polar surface area (TPSA) is 98.5 Å². The predicted octanol–water partition coefficient (Wildman–Crippen LogP) is 5.90. The first-order chi connectivity index (χ1) is 22.3. The number of ether oxygens (including phenoxy) is 1. The molecule has 3 fully saturated rings. The normalized spacial score (nSPS) is 19.4. The van der Waals surface area contributed by atoms with Gasteiger partial charge in [-0.2, -0.15) is 15.2 Å². The van der Waals surface area contributed by atoms with Crippen molar-refractivity contribution < 1.29 is 18.3 Å². The number of amides is 1. The fraction of sp³-hybridized carbons (Fsp3) is 0.382. The van der Waals surface area contributed by atoms with Crippen LogP contribution < -0.4 is 9.64 Å². The lowest BCUT2D eigenvalue weighted by Gasteiger charge is -2.41. The summed E-state index contributed by atoms with van der Waals surface area (Å²) in [5, 5.41) is 11.1. The zero-order valence-corrected chi connectivity index (χ0v) is 25.9. The molecule has 1 atom stereocenters. The molecule has 12 heteroatoms. The molecule has 46 heavy (non-hydrogen) atoms. The Kier molecular flexibility index (Phi) is 7.95. The minimum absolute atomic E-state index is 0.0115. The van der Waals surface area contributed by atoms with Crippen molar-refractivity contribution in [3.8, 4) is 23.2 Å². The lowest BCUT2D eigenvalue weighted by Crippen LogP contribution is -2.55. The third-order valence-electron chi connectivity index (χ3n) is 9.69. The van der Waals surface area contributed by atoms with Crippen molar-refractivity contribution in [3.63, 3.8) is 0 Å². The third-order valence-corrected chi connectivity index (χ3v) is 10.0. The first-order valence-electron chi connectivity index (χ1n) is 15.5. The number of pyridine rings is 1. The van der Waals surface area contributed by atoms with Crippen LogP contribution in [0.4, 0.5) is 14.6 Å². The molecule has 3 aliphatic heterocycles. The second-order valence-corrected chi connectivity index (χ2v) is 12.6. The van der Waals surface area contributed by atoms with Gasteiger partial charge in [0.2, 0.25) is 5.91 Å². The average molecular weight is 644 g/mol. The summed E-state index contributed by atoms with van der Waals surface area (Å²) in [6.45, 7) is 6.79. The molecule has 236 valence electrons. The molecule has 4 aromatic rings. The van der Waals surface area contributed by atoms with Gasteiger partial charge in [0.05, 0.1) is 29.6 Å². The monoisotopic (exact) mass is 643 g/mol. The summed E-state index contributed by atoms with van der Waals surface area (Å²) in [6.07, 6.45) is 8.46. The van der Waals surface area contributed by atoms with Crippen LogP contribution in [0.15, 0.2) is 49.3 Å². The lowest BCUT2D eigenvalue weighted by atomic mass is 9.95. The molecule has 0 N–H and O–H groups in total. The SMILES string of the molecule is C=CC(=O)N1CCN(c2nc(OCC34CCCN3CCC4)nc3c(F)c(-c4cncc5cccc(Cl)c45)c(F)cc23)C[C@@H]1CC#N. The molecule has 5 heterocycles. The number of hydrogen-bond donors (Lipinski definition) is 0. The van der Waals surface area contributed by atoms with E-state index in [9.17, 15) is 10.1 Å². The number of piperazine rings is 1. The van der Waals surface area contributed by atoms with Gasteiger partial charge in [0, 0.05) is 58.8 Å². The summed E-state index contributed by atoms with van der Waals surface area (Å²) in [6, 6.07) is 8.10. The number of aromatic nitrogens is 3. The third kappa shape index (κ3) is 5.10. The molecule has 0 radical (unpaired) electrons. The first kappa shape index (κ1) is 30.3. The van der Waals surface area contributed by atoms with Gasteiger partial charge in [0.15, 0.2) is 5.82 Å². The van der Waals surface area contributed by atoms with E-state index in [0.717, 1.165) is 38.8 Å². The number of benzene rings is 2. The van der Waals surface area contributed by atoms with Crippen LogP contribution in [0.1, 0.15) is 32.1 Å². The number of fused-ring (bicyclic) bond motifs is 3. The van der Waals surface area contributed by atoms with Crippen molar-refractivity contribution >= 4 is 45.0 Å². The van der Waals surface area contributed by atoms with E-state index in [4.69, 9.17) is 21.3 Å². The quantitative estimate of drug-likeness (QED) is 0.230. The summed E-state index contributed by atoms with van der Waals surface area (Å²) in [7, 11) is 0. The number of hydrogen-bond acceptors (Lipinski definition) is 8. The maximum atomic E-state index is 16.8. The van der Waals surface area contributed by atoms with Crippen LogP contribution in [0.3, 0.4) is 0 Å². The van der Waals surface area contributed by atoms with Gasteiger partial charge in [-0.15, -0.1) is 0 Å². The second kappa shape index (κ2) is 12.1. The van der Waals surface area contributed by atoms with Crippen molar-refractivity contribution in [2.24, 2.45) is 0 Å². The number of nitrogens with zero attached hydrogens (tertiary/aromatic N) is 7. The van der Waals surface area contributed by atoms with Gasteiger partial charge < -0.3 is 14.5 Å². The summed E-state index contributed by atoms with van der Waals surface area (Å²) in [4.78, 5) is 31.9. The fourth-order valence-corrected chi connectivity index (χ4v) is 7.77. The Morgan fingerprint density at radius 2 is 1.98 bits per heavy atom. The molecule has 0 saturated carbocycles. The highest BCUT2D eigenvalue weighted by atomic mass is 35.5. The van der Waals surface area contributed by atoms with Crippen molar-refractivity contribution in [2.45, 2.75) is 43.7 Å². The van der Waals surface area contributed by atoms with E-state index in [1.54, 1.807) is 29.3 Å². The summed E-state index contributed by atoms with van der Waals surface area (Å²) in [5.41, 5.74) is -0.298. The molecule has 7 rings (SSSR count). The Hall–Kier alpha value is -4.40. The number of rotatable bonds is 7. The van der Waals surface area contributed by atoms with Crippen LogP contribution in [0.25, 0.3) is 32.8 Å². The highest BCUT2D eigenvalue weighted by Gasteiger charge is 2.45. The van der Waals surface area contributed by atoms with E-state index < -0.39 is 17.7 Å². The smallest absolute Gasteiger partial charge is 0.319 e. The Morgan fingerprint density at radius 3 is 2.74 bits per heavy atom. The molecule has 0 bridgehead atoms. The van der Waals surface area contributed by atoms with E-state index in [-0.39, 0.29) is 64.8 Å². The molecular weight excluding hydrogens is 612 g/mol. The fourth-order valence-electron chi connectivity index (χ4n) is 7.49. The molecule has 3 aliphatic rings. The summed E-state index contributed by atoms with van der Waals surface area (Å²) in [5.74, 6) is -1.71. The summed E-state index contributed by atoms with van der Waals surface area (Å²) < 4.78 is 39.2. The molecule has 9 nitrogen and oxygen atoms in total. The van der Waals surface area contributed by atoms with Gasteiger partial charge in [-0.1, -0.05) is 30.3 Å². The number of anilines is 1. The van der Waals surface area contributed by atoms with Gasteiger partial charge in [-0.3, -0.25) is 14.7 Å². The largest absolute Gasteiger partial charge is 0.461 e. The predicted molar refractivity (Wildman–Crippen MR) is 172 cm³/mol.